The van der Waals surface area contributed by atoms with Gasteiger partial charge in [-0.2, -0.15) is 0 Å². The van der Waals surface area contributed by atoms with Crippen molar-refractivity contribution in [2.24, 2.45) is 0 Å². The van der Waals surface area contributed by atoms with Gasteiger partial charge in [-0.05, 0) is 43.2 Å². The molecule has 0 aliphatic carbocycles. The molecule has 2 nitrogen and oxygen atoms in total. The fourth-order valence-electron chi connectivity index (χ4n) is 3.84. The van der Waals surface area contributed by atoms with Gasteiger partial charge in [-0.1, -0.05) is 60.2 Å². The minimum atomic E-state index is 0.807. The van der Waals surface area contributed by atoms with E-state index in [0.717, 1.165) is 27.5 Å². The number of hydrogen-bond donors (Lipinski definition) is 0. The molecule has 2 heterocycles. The standard InChI is InChI=1S/C24H18N2/c1-15-12-16(2)23-19(13-15)22(17-8-4-3-5-9-17)20-14-18-10-6-7-11-21(18)25-24(20)26-23/h3-14H,1-2H3. The Balaban J connectivity index is 2.05. The highest BCUT2D eigenvalue weighted by atomic mass is 14.8. The predicted molar refractivity (Wildman–Crippen MR) is 109 cm³/mol. The van der Waals surface area contributed by atoms with Crippen LogP contribution in [0.25, 0.3) is 44.0 Å². The Morgan fingerprint density at radius 2 is 1.46 bits per heavy atom. The van der Waals surface area contributed by atoms with Crippen LogP contribution in [0.5, 0.6) is 0 Å². The van der Waals surface area contributed by atoms with Gasteiger partial charge in [0.15, 0.2) is 5.65 Å². The Morgan fingerprint density at radius 1 is 0.692 bits per heavy atom. The second-order valence-electron chi connectivity index (χ2n) is 6.88. The van der Waals surface area contributed by atoms with Gasteiger partial charge in [0, 0.05) is 21.7 Å². The van der Waals surface area contributed by atoms with Crippen LogP contribution >= 0.6 is 0 Å². The Bertz CT molecular complexity index is 1290. The van der Waals surface area contributed by atoms with Crippen molar-refractivity contribution >= 4 is 32.8 Å². The number of aryl methyl sites for hydroxylation is 2. The van der Waals surface area contributed by atoms with Gasteiger partial charge in [-0.25, -0.2) is 9.97 Å². The third-order valence-corrected chi connectivity index (χ3v) is 4.97. The summed E-state index contributed by atoms with van der Waals surface area (Å²) in [5, 5.41) is 3.44. The van der Waals surface area contributed by atoms with E-state index in [9.17, 15) is 0 Å². The molecule has 0 aliphatic heterocycles. The van der Waals surface area contributed by atoms with Gasteiger partial charge < -0.3 is 0 Å². The minimum Gasteiger partial charge on any atom is -0.228 e. The van der Waals surface area contributed by atoms with Gasteiger partial charge in [0.25, 0.3) is 0 Å². The first-order valence-corrected chi connectivity index (χ1v) is 8.86. The number of benzene rings is 3. The van der Waals surface area contributed by atoms with E-state index in [4.69, 9.17) is 9.97 Å². The summed E-state index contributed by atoms with van der Waals surface area (Å²) >= 11 is 0. The normalized spacial score (nSPS) is 11.5. The van der Waals surface area contributed by atoms with E-state index in [0.29, 0.717) is 0 Å². The molecule has 5 rings (SSSR count). The van der Waals surface area contributed by atoms with E-state index < -0.39 is 0 Å². The lowest BCUT2D eigenvalue weighted by atomic mass is 9.94. The van der Waals surface area contributed by atoms with E-state index in [-0.39, 0.29) is 0 Å². The first-order chi connectivity index (χ1) is 12.7. The number of hydrogen-bond acceptors (Lipinski definition) is 2. The van der Waals surface area contributed by atoms with Crippen molar-refractivity contribution in [3.8, 4) is 11.1 Å². The van der Waals surface area contributed by atoms with Crippen LogP contribution in [0.3, 0.4) is 0 Å². The van der Waals surface area contributed by atoms with Crippen LogP contribution in [0.2, 0.25) is 0 Å². The summed E-state index contributed by atoms with van der Waals surface area (Å²) in [6.45, 7) is 4.27. The first-order valence-electron chi connectivity index (χ1n) is 8.86. The van der Waals surface area contributed by atoms with Crippen LogP contribution in [0.1, 0.15) is 11.1 Å². The molecule has 5 aromatic rings. The Labute approximate surface area is 152 Å². The summed E-state index contributed by atoms with van der Waals surface area (Å²) in [6, 6.07) is 25.5. The molecule has 2 heteroatoms. The van der Waals surface area contributed by atoms with Crippen molar-refractivity contribution in [2.75, 3.05) is 0 Å². The first kappa shape index (κ1) is 15.0. The molecule has 124 valence electrons. The number of nitrogens with zero attached hydrogens (tertiary/aromatic N) is 2. The molecule has 0 saturated carbocycles. The van der Waals surface area contributed by atoms with Crippen molar-refractivity contribution in [1.82, 2.24) is 9.97 Å². The fourth-order valence-corrected chi connectivity index (χ4v) is 3.84. The average molecular weight is 334 g/mol. The van der Waals surface area contributed by atoms with Crippen LogP contribution in [0, 0.1) is 13.8 Å². The Hall–Kier alpha value is -3.26. The quantitative estimate of drug-likeness (QED) is 0.340. The van der Waals surface area contributed by atoms with Crippen LogP contribution in [-0.4, -0.2) is 9.97 Å². The molecule has 26 heavy (non-hydrogen) atoms. The Morgan fingerprint density at radius 3 is 2.31 bits per heavy atom. The van der Waals surface area contributed by atoms with Crippen LogP contribution in [0.15, 0.2) is 72.8 Å². The van der Waals surface area contributed by atoms with Crippen LogP contribution < -0.4 is 0 Å². The van der Waals surface area contributed by atoms with E-state index in [2.05, 4.69) is 74.5 Å². The van der Waals surface area contributed by atoms with Crippen molar-refractivity contribution < 1.29 is 0 Å². The van der Waals surface area contributed by atoms with Crippen molar-refractivity contribution in [3.63, 3.8) is 0 Å². The topological polar surface area (TPSA) is 25.8 Å². The largest absolute Gasteiger partial charge is 0.228 e. The highest BCUT2D eigenvalue weighted by Crippen LogP contribution is 2.36. The highest BCUT2D eigenvalue weighted by molar-refractivity contribution is 6.11. The number of aromatic nitrogens is 2. The zero-order valence-electron chi connectivity index (χ0n) is 14.8. The third kappa shape index (κ3) is 2.26. The zero-order valence-corrected chi connectivity index (χ0v) is 14.8. The smallest absolute Gasteiger partial charge is 0.161 e. The zero-order chi connectivity index (χ0) is 17.7. The lowest BCUT2D eigenvalue weighted by Crippen LogP contribution is -1.95. The average Bonchev–Trinajstić information content (AvgIpc) is 2.66. The SMILES string of the molecule is Cc1cc(C)c2nc3nc4ccccc4cc3c(-c3ccccc3)c2c1. The molecule has 0 unspecified atom stereocenters. The maximum Gasteiger partial charge on any atom is 0.161 e. The summed E-state index contributed by atoms with van der Waals surface area (Å²) in [5.41, 5.74) is 7.68. The second-order valence-corrected chi connectivity index (χ2v) is 6.88. The van der Waals surface area contributed by atoms with Gasteiger partial charge in [0.2, 0.25) is 0 Å². The van der Waals surface area contributed by atoms with Crippen LogP contribution in [0.4, 0.5) is 0 Å². The van der Waals surface area contributed by atoms with Gasteiger partial charge in [0.05, 0.1) is 11.0 Å². The molecule has 0 saturated heterocycles. The summed E-state index contributed by atoms with van der Waals surface area (Å²) in [4.78, 5) is 9.81. The van der Waals surface area contributed by atoms with Crippen molar-refractivity contribution in [3.05, 3.63) is 83.9 Å². The lowest BCUT2D eigenvalue weighted by molar-refractivity contribution is 1.33. The summed E-state index contributed by atoms with van der Waals surface area (Å²) < 4.78 is 0. The maximum atomic E-state index is 4.94. The molecular weight excluding hydrogens is 316 g/mol. The van der Waals surface area contributed by atoms with Crippen molar-refractivity contribution in [2.45, 2.75) is 13.8 Å². The highest BCUT2D eigenvalue weighted by Gasteiger charge is 2.14. The van der Waals surface area contributed by atoms with Crippen molar-refractivity contribution in [1.29, 1.82) is 0 Å². The summed E-state index contributed by atoms with van der Waals surface area (Å²) in [7, 11) is 0. The molecule has 0 atom stereocenters. The van der Waals surface area contributed by atoms with E-state index in [1.807, 2.05) is 12.1 Å². The predicted octanol–water partition coefficient (Wildman–Crippen LogP) is 6.22. The summed E-state index contributed by atoms with van der Waals surface area (Å²) in [6.07, 6.45) is 0. The molecular formula is C24H18N2. The number of para-hydroxylation sites is 1. The maximum absolute atomic E-state index is 4.94. The minimum absolute atomic E-state index is 0.807. The van der Waals surface area contributed by atoms with E-state index in [1.165, 1.54) is 27.6 Å². The molecule has 0 fully saturated rings. The summed E-state index contributed by atoms with van der Waals surface area (Å²) in [5.74, 6) is 0. The monoisotopic (exact) mass is 334 g/mol. The number of fused-ring (bicyclic) bond motifs is 3. The molecule has 0 spiro atoms. The molecule has 0 N–H and O–H groups in total. The third-order valence-electron chi connectivity index (χ3n) is 4.97. The van der Waals surface area contributed by atoms with Gasteiger partial charge in [0.1, 0.15) is 0 Å². The molecule has 2 aromatic heterocycles. The van der Waals surface area contributed by atoms with Gasteiger partial charge in [-0.3, -0.25) is 0 Å². The fraction of sp³-hybridized carbons (Fsp3) is 0.0833. The second kappa shape index (κ2) is 5.63. The lowest BCUT2D eigenvalue weighted by Gasteiger charge is -2.14. The van der Waals surface area contributed by atoms with Crippen LogP contribution in [-0.2, 0) is 0 Å². The molecule has 0 amide bonds. The number of rotatable bonds is 1. The molecule has 3 aromatic carbocycles. The van der Waals surface area contributed by atoms with E-state index >= 15 is 0 Å². The van der Waals surface area contributed by atoms with E-state index in [1.54, 1.807) is 0 Å². The van der Waals surface area contributed by atoms with Gasteiger partial charge in [-0.15, -0.1) is 0 Å². The molecule has 0 aliphatic rings. The Kier molecular flexibility index (Phi) is 3.26. The molecule has 0 radical (unpaired) electrons. The number of pyridine rings is 2. The van der Waals surface area contributed by atoms with Gasteiger partial charge >= 0.3 is 0 Å². The molecule has 0 bridgehead atoms.